The summed E-state index contributed by atoms with van der Waals surface area (Å²) in [7, 11) is 0. The molecule has 1 unspecified atom stereocenters. The van der Waals surface area contributed by atoms with Gasteiger partial charge in [-0.25, -0.2) is 4.79 Å². The van der Waals surface area contributed by atoms with Gasteiger partial charge in [0.2, 0.25) is 5.91 Å². The lowest BCUT2D eigenvalue weighted by Crippen LogP contribution is -2.28. The average Bonchev–Trinajstić information content (AvgIpc) is 3.19. The van der Waals surface area contributed by atoms with Crippen LogP contribution in [-0.4, -0.2) is 40.7 Å². The molecule has 1 saturated heterocycles. The summed E-state index contributed by atoms with van der Waals surface area (Å²) in [6, 6.07) is 22.6. The zero-order valence-electron chi connectivity index (χ0n) is 18.9. The molecule has 0 radical (unpaired) electrons. The number of anilines is 1. The number of hydrogen-bond donors (Lipinski definition) is 2. The predicted molar refractivity (Wildman–Crippen MR) is 133 cm³/mol. The summed E-state index contributed by atoms with van der Waals surface area (Å²) in [5.74, 6) is -1.85. The van der Waals surface area contributed by atoms with Gasteiger partial charge in [-0.05, 0) is 66.9 Å². The first-order valence-electron chi connectivity index (χ1n) is 11.7. The van der Waals surface area contributed by atoms with Crippen LogP contribution in [0.4, 0.5) is 11.4 Å². The maximum absolute atomic E-state index is 13.0. The zero-order chi connectivity index (χ0) is 23.5. The second-order valence-electron chi connectivity index (χ2n) is 8.90. The van der Waals surface area contributed by atoms with Gasteiger partial charge in [-0.1, -0.05) is 55.0 Å². The van der Waals surface area contributed by atoms with Crippen LogP contribution >= 0.6 is 0 Å². The van der Waals surface area contributed by atoms with Gasteiger partial charge in [0, 0.05) is 12.2 Å². The molecule has 2 aliphatic rings. The third-order valence-electron chi connectivity index (χ3n) is 6.52. The van der Waals surface area contributed by atoms with Crippen LogP contribution in [0.1, 0.15) is 52.2 Å². The molecule has 0 spiro atoms. The van der Waals surface area contributed by atoms with Crippen molar-refractivity contribution in [3.8, 4) is 0 Å². The van der Waals surface area contributed by atoms with Gasteiger partial charge in [-0.3, -0.25) is 14.7 Å². The first-order valence-corrected chi connectivity index (χ1v) is 11.7. The monoisotopic (exact) mass is 453 g/mol. The summed E-state index contributed by atoms with van der Waals surface area (Å²) in [4.78, 5) is 31.8. The predicted octanol–water partition coefficient (Wildman–Crippen LogP) is 5.23. The highest BCUT2D eigenvalue weighted by atomic mass is 16.4. The second-order valence-corrected chi connectivity index (χ2v) is 8.90. The molecule has 0 saturated carbocycles. The molecule has 2 heterocycles. The Hall–Kier alpha value is -3.77. The minimum absolute atomic E-state index is 0.141. The molecule has 1 atom stereocenters. The molecular formula is C28H27N3O3. The van der Waals surface area contributed by atoms with Crippen LogP contribution in [0.2, 0.25) is 0 Å². The van der Waals surface area contributed by atoms with E-state index < -0.39 is 11.9 Å². The Bertz CT molecular complexity index is 1230. The lowest BCUT2D eigenvalue weighted by atomic mass is 9.90. The summed E-state index contributed by atoms with van der Waals surface area (Å²) in [5.41, 5.74) is 4.94. The van der Waals surface area contributed by atoms with E-state index in [-0.39, 0.29) is 11.5 Å². The van der Waals surface area contributed by atoms with Crippen LogP contribution in [0.5, 0.6) is 0 Å². The van der Waals surface area contributed by atoms with Crippen LogP contribution in [0, 0.1) is 0 Å². The van der Waals surface area contributed by atoms with Crippen LogP contribution in [0.15, 0.2) is 77.8 Å². The van der Waals surface area contributed by atoms with E-state index in [2.05, 4.69) is 22.3 Å². The van der Waals surface area contributed by atoms with Gasteiger partial charge < -0.3 is 10.4 Å². The van der Waals surface area contributed by atoms with Crippen LogP contribution in [-0.2, 0) is 11.3 Å². The minimum atomic E-state index is -1.03. The Labute approximate surface area is 199 Å². The summed E-state index contributed by atoms with van der Waals surface area (Å²) < 4.78 is 0. The number of carbonyl (C=O) groups excluding carboxylic acids is 1. The van der Waals surface area contributed by atoms with Crippen molar-refractivity contribution in [3.05, 3.63) is 95.1 Å². The van der Waals surface area contributed by atoms with Gasteiger partial charge in [0.1, 0.15) is 5.92 Å². The molecule has 2 N–H and O–H groups in total. The molecule has 2 aliphatic heterocycles. The van der Waals surface area contributed by atoms with E-state index in [4.69, 9.17) is 4.99 Å². The molecule has 0 aromatic heterocycles. The largest absolute Gasteiger partial charge is 0.478 e. The summed E-state index contributed by atoms with van der Waals surface area (Å²) in [5, 5.41) is 12.2. The number of hydrogen-bond acceptors (Lipinski definition) is 4. The van der Waals surface area contributed by atoms with Crippen molar-refractivity contribution >= 4 is 29.0 Å². The number of nitrogens with zero attached hydrogens (tertiary/aromatic N) is 2. The molecule has 5 rings (SSSR count). The van der Waals surface area contributed by atoms with Crippen molar-refractivity contribution in [2.24, 2.45) is 4.99 Å². The van der Waals surface area contributed by atoms with Crippen LogP contribution in [0.25, 0.3) is 0 Å². The van der Waals surface area contributed by atoms with E-state index in [0.717, 1.165) is 36.4 Å². The number of carbonyl (C=O) groups is 2. The average molecular weight is 454 g/mol. The van der Waals surface area contributed by atoms with Gasteiger partial charge in [0.25, 0.3) is 0 Å². The quantitative estimate of drug-likeness (QED) is 0.501. The summed E-state index contributed by atoms with van der Waals surface area (Å²) in [6.45, 7) is 3.25. The van der Waals surface area contributed by atoms with E-state index in [1.54, 1.807) is 6.07 Å². The van der Waals surface area contributed by atoms with Gasteiger partial charge in [-0.2, -0.15) is 0 Å². The Kier molecular flexibility index (Phi) is 6.23. The molecule has 1 amide bonds. The lowest BCUT2D eigenvalue weighted by molar-refractivity contribution is -0.115. The van der Waals surface area contributed by atoms with Crippen molar-refractivity contribution in [2.45, 2.75) is 31.7 Å². The van der Waals surface area contributed by atoms with Gasteiger partial charge in [-0.15, -0.1) is 0 Å². The van der Waals surface area contributed by atoms with Crippen LogP contribution in [0.3, 0.4) is 0 Å². The number of amides is 1. The number of aromatic carboxylic acids is 1. The van der Waals surface area contributed by atoms with Gasteiger partial charge in [0.05, 0.1) is 17.0 Å². The SMILES string of the molecule is O=C(O)c1ccc2c(c1)NC(=O)C2C(=Nc1ccc(CN2CCCCC2)cc1)c1ccccc1. The first kappa shape index (κ1) is 22.0. The van der Waals surface area contributed by atoms with Crippen molar-refractivity contribution in [2.75, 3.05) is 18.4 Å². The molecule has 6 nitrogen and oxygen atoms in total. The van der Waals surface area contributed by atoms with E-state index in [1.807, 2.05) is 42.5 Å². The van der Waals surface area contributed by atoms with Crippen molar-refractivity contribution in [3.63, 3.8) is 0 Å². The summed E-state index contributed by atoms with van der Waals surface area (Å²) >= 11 is 0. The fourth-order valence-electron chi connectivity index (χ4n) is 4.76. The third kappa shape index (κ3) is 4.63. The Morgan fingerprint density at radius 3 is 2.38 bits per heavy atom. The van der Waals surface area contributed by atoms with Gasteiger partial charge >= 0.3 is 5.97 Å². The molecule has 3 aromatic rings. The molecule has 6 heteroatoms. The highest BCUT2D eigenvalue weighted by Crippen LogP contribution is 2.37. The standard InChI is InChI=1S/C28H27N3O3/c32-27-25(23-14-11-21(28(33)34)17-24(23)30-27)26(20-7-3-1-4-8-20)29-22-12-9-19(10-13-22)18-31-15-5-2-6-16-31/h1,3-4,7-14,17,25H,2,5-6,15-16,18H2,(H,30,32)(H,33,34). The number of benzene rings is 3. The maximum atomic E-state index is 13.0. The number of aliphatic imine (C=N–C) groups is 1. The smallest absolute Gasteiger partial charge is 0.335 e. The summed E-state index contributed by atoms with van der Waals surface area (Å²) in [6.07, 6.45) is 3.85. The van der Waals surface area contributed by atoms with E-state index in [0.29, 0.717) is 11.4 Å². The number of piperidine rings is 1. The number of rotatable bonds is 6. The number of carboxylic acids is 1. The Morgan fingerprint density at radius 1 is 0.941 bits per heavy atom. The lowest BCUT2D eigenvalue weighted by Gasteiger charge is -2.26. The molecule has 0 aliphatic carbocycles. The van der Waals surface area contributed by atoms with Crippen molar-refractivity contribution in [1.29, 1.82) is 0 Å². The topological polar surface area (TPSA) is 82.0 Å². The molecule has 172 valence electrons. The molecule has 34 heavy (non-hydrogen) atoms. The van der Waals surface area contributed by atoms with E-state index in [9.17, 15) is 14.7 Å². The minimum Gasteiger partial charge on any atom is -0.478 e. The molecular weight excluding hydrogens is 426 g/mol. The number of likely N-dealkylation sites (tertiary alicyclic amines) is 1. The number of nitrogens with one attached hydrogen (secondary N) is 1. The van der Waals surface area contributed by atoms with Crippen molar-refractivity contribution in [1.82, 2.24) is 4.90 Å². The maximum Gasteiger partial charge on any atom is 0.335 e. The normalized spacial score (nSPS) is 18.4. The fourth-order valence-corrected chi connectivity index (χ4v) is 4.76. The highest BCUT2D eigenvalue weighted by molar-refractivity contribution is 6.24. The zero-order valence-corrected chi connectivity index (χ0v) is 18.9. The van der Waals surface area contributed by atoms with Crippen LogP contribution < -0.4 is 5.32 Å². The highest BCUT2D eigenvalue weighted by Gasteiger charge is 2.35. The Balaban J connectivity index is 1.48. The Morgan fingerprint density at radius 2 is 1.68 bits per heavy atom. The van der Waals surface area contributed by atoms with E-state index >= 15 is 0 Å². The third-order valence-corrected chi connectivity index (χ3v) is 6.52. The van der Waals surface area contributed by atoms with Gasteiger partial charge in [0.15, 0.2) is 0 Å². The van der Waals surface area contributed by atoms with E-state index in [1.165, 1.54) is 37.0 Å². The fraction of sp³-hybridized carbons (Fsp3) is 0.250. The van der Waals surface area contributed by atoms with Crippen molar-refractivity contribution < 1.29 is 14.7 Å². The first-order chi connectivity index (χ1) is 16.6. The number of fused-ring (bicyclic) bond motifs is 1. The second kappa shape index (κ2) is 9.61. The molecule has 3 aromatic carbocycles. The molecule has 0 bridgehead atoms. The number of carboxylic acid groups (broad SMARTS) is 1. The molecule has 1 fully saturated rings.